The van der Waals surface area contributed by atoms with Crippen LogP contribution in [0.2, 0.25) is 0 Å². The number of rotatable bonds is 4. The highest BCUT2D eigenvalue weighted by Crippen LogP contribution is 2.08. The Morgan fingerprint density at radius 1 is 1.33 bits per heavy atom. The fraction of sp³-hybridized carbons (Fsp3) is 0.273. The summed E-state index contributed by atoms with van der Waals surface area (Å²) < 4.78 is 0. The summed E-state index contributed by atoms with van der Waals surface area (Å²) in [5.74, 6) is 0. The Balaban J connectivity index is 1.90. The Hall–Kier alpha value is -1.68. The molecule has 2 aromatic rings. The Bertz CT molecular complexity index is 382. The van der Waals surface area contributed by atoms with Crippen LogP contribution < -0.4 is 5.32 Å². The quantitative estimate of drug-likeness (QED) is 0.792. The number of nitrogens with one attached hydrogen (secondary N) is 2. The van der Waals surface area contributed by atoms with Gasteiger partial charge in [-0.15, -0.1) is 0 Å². The molecule has 2 rings (SSSR count). The monoisotopic (exact) mass is 202 g/mol. The fourth-order valence-electron chi connectivity index (χ4n) is 1.38. The third kappa shape index (κ3) is 2.63. The third-order valence-corrected chi connectivity index (χ3v) is 2.29. The number of nitrogens with zero attached hydrogens (tertiary/aromatic N) is 2. The van der Waals surface area contributed by atoms with E-state index >= 15 is 0 Å². The van der Waals surface area contributed by atoms with E-state index in [-0.39, 0.29) is 6.04 Å². The summed E-state index contributed by atoms with van der Waals surface area (Å²) in [5.41, 5.74) is 2.13. The van der Waals surface area contributed by atoms with Crippen molar-refractivity contribution in [2.45, 2.75) is 19.5 Å². The van der Waals surface area contributed by atoms with Crippen molar-refractivity contribution >= 4 is 0 Å². The molecule has 2 aromatic heterocycles. The zero-order valence-corrected chi connectivity index (χ0v) is 8.64. The van der Waals surface area contributed by atoms with Crippen molar-refractivity contribution in [1.29, 1.82) is 0 Å². The van der Waals surface area contributed by atoms with Gasteiger partial charge >= 0.3 is 0 Å². The number of hydrogen-bond donors (Lipinski definition) is 2. The van der Waals surface area contributed by atoms with Gasteiger partial charge in [-0.05, 0) is 25.1 Å². The predicted octanol–water partition coefficient (Wildman–Crippen LogP) is 1.66. The zero-order valence-electron chi connectivity index (χ0n) is 8.64. The largest absolute Gasteiger partial charge is 0.303 e. The Labute approximate surface area is 88.8 Å². The van der Waals surface area contributed by atoms with Crippen molar-refractivity contribution in [1.82, 2.24) is 20.5 Å². The van der Waals surface area contributed by atoms with Gasteiger partial charge in [-0.25, -0.2) is 0 Å². The van der Waals surface area contributed by atoms with E-state index in [2.05, 4.69) is 27.4 Å². The first-order valence-corrected chi connectivity index (χ1v) is 4.99. The normalized spacial score (nSPS) is 12.6. The van der Waals surface area contributed by atoms with Crippen LogP contribution in [0, 0.1) is 0 Å². The van der Waals surface area contributed by atoms with Crippen LogP contribution in [0.25, 0.3) is 0 Å². The maximum absolute atomic E-state index is 4.29. The summed E-state index contributed by atoms with van der Waals surface area (Å²) >= 11 is 0. The van der Waals surface area contributed by atoms with E-state index in [0.717, 1.165) is 17.9 Å². The summed E-state index contributed by atoms with van der Waals surface area (Å²) in [7, 11) is 0. The van der Waals surface area contributed by atoms with Gasteiger partial charge in [0.2, 0.25) is 0 Å². The second-order valence-electron chi connectivity index (χ2n) is 3.44. The van der Waals surface area contributed by atoms with Crippen LogP contribution in [0.3, 0.4) is 0 Å². The number of aromatic amines is 1. The molecule has 4 heteroatoms. The molecular weight excluding hydrogens is 188 g/mol. The van der Waals surface area contributed by atoms with E-state index in [9.17, 15) is 0 Å². The Kier molecular flexibility index (Phi) is 3.09. The van der Waals surface area contributed by atoms with Crippen LogP contribution in [0.5, 0.6) is 0 Å². The number of aromatic nitrogens is 3. The molecule has 2 N–H and O–H groups in total. The third-order valence-electron chi connectivity index (χ3n) is 2.29. The molecule has 0 radical (unpaired) electrons. The standard InChI is InChI=1S/C11H14N4/c1-9(11-4-2-3-6-12-11)13-8-10-5-7-14-15-10/h2-7,9,13H,8H2,1H3,(H,14,15)/t9-/m1/s1. The van der Waals surface area contributed by atoms with Crippen LogP contribution in [-0.4, -0.2) is 15.2 Å². The van der Waals surface area contributed by atoms with Crippen LogP contribution in [0.1, 0.15) is 24.4 Å². The van der Waals surface area contributed by atoms with Gasteiger partial charge < -0.3 is 5.32 Å². The van der Waals surface area contributed by atoms with E-state index in [0.29, 0.717) is 0 Å². The molecule has 0 aliphatic heterocycles. The van der Waals surface area contributed by atoms with Gasteiger partial charge in [-0.3, -0.25) is 10.1 Å². The highest BCUT2D eigenvalue weighted by Gasteiger charge is 2.05. The Morgan fingerprint density at radius 2 is 2.27 bits per heavy atom. The molecule has 15 heavy (non-hydrogen) atoms. The minimum absolute atomic E-state index is 0.245. The van der Waals surface area contributed by atoms with Crippen molar-refractivity contribution in [3.05, 3.63) is 48.0 Å². The molecule has 4 nitrogen and oxygen atoms in total. The van der Waals surface area contributed by atoms with Gasteiger partial charge in [0.05, 0.1) is 5.69 Å². The van der Waals surface area contributed by atoms with Crippen molar-refractivity contribution in [2.24, 2.45) is 0 Å². The van der Waals surface area contributed by atoms with E-state index in [1.54, 1.807) is 6.20 Å². The highest BCUT2D eigenvalue weighted by atomic mass is 15.1. The lowest BCUT2D eigenvalue weighted by atomic mass is 10.2. The maximum atomic E-state index is 4.29. The van der Waals surface area contributed by atoms with Gasteiger partial charge in [0, 0.05) is 30.7 Å². The number of hydrogen-bond acceptors (Lipinski definition) is 3. The molecule has 1 atom stereocenters. The highest BCUT2D eigenvalue weighted by molar-refractivity contribution is 5.08. The minimum atomic E-state index is 0.245. The summed E-state index contributed by atoms with van der Waals surface area (Å²) in [6.07, 6.45) is 3.56. The molecule has 2 heterocycles. The van der Waals surface area contributed by atoms with Gasteiger partial charge in [0.1, 0.15) is 0 Å². The summed E-state index contributed by atoms with van der Waals surface area (Å²) in [6.45, 7) is 2.87. The SMILES string of the molecule is C[C@@H](NCc1ccn[nH]1)c1ccccn1. The maximum Gasteiger partial charge on any atom is 0.0570 e. The van der Waals surface area contributed by atoms with Crippen LogP contribution in [0.4, 0.5) is 0 Å². The first kappa shape index (κ1) is 9.86. The fourth-order valence-corrected chi connectivity index (χ4v) is 1.38. The molecule has 0 amide bonds. The van der Waals surface area contributed by atoms with Gasteiger partial charge in [-0.1, -0.05) is 6.07 Å². The molecule has 0 aliphatic rings. The summed E-state index contributed by atoms with van der Waals surface area (Å²) in [6, 6.07) is 8.14. The van der Waals surface area contributed by atoms with E-state index in [4.69, 9.17) is 0 Å². The molecular formula is C11H14N4. The predicted molar refractivity (Wildman–Crippen MR) is 58.1 cm³/mol. The molecule has 0 aromatic carbocycles. The van der Waals surface area contributed by atoms with Crippen molar-refractivity contribution in [2.75, 3.05) is 0 Å². The topological polar surface area (TPSA) is 53.6 Å². The molecule has 0 saturated heterocycles. The second kappa shape index (κ2) is 4.70. The first-order valence-electron chi connectivity index (χ1n) is 4.99. The summed E-state index contributed by atoms with van der Waals surface area (Å²) in [5, 5.41) is 10.2. The van der Waals surface area contributed by atoms with E-state index in [1.165, 1.54) is 0 Å². The van der Waals surface area contributed by atoms with Crippen LogP contribution in [0.15, 0.2) is 36.7 Å². The molecule has 0 aliphatic carbocycles. The zero-order chi connectivity index (χ0) is 10.5. The van der Waals surface area contributed by atoms with Gasteiger partial charge in [-0.2, -0.15) is 5.10 Å². The average Bonchev–Trinajstić information content (AvgIpc) is 2.80. The summed E-state index contributed by atoms with van der Waals surface area (Å²) in [4.78, 5) is 4.29. The Morgan fingerprint density at radius 3 is 2.93 bits per heavy atom. The molecule has 78 valence electrons. The van der Waals surface area contributed by atoms with E-state index < -0.39 is 0 Å². The smallest absolute Gasteiger partial charge is 0.0570 e. The first-order chi connectivity index (χ1) is 7.36. The lowest BCUT2D eigenvalue weighted by Crippen LogP contribution is -2.19. The number of pyridine rings is 1. The second-order valence-corrected chi connectivity index (χ2v) is 3.44. The lowest BCUT2D eigenvalue weighted by molar-refractivity contribution is 0.554. The molecule has 0 unspecified atom stereocenters. The number of H-pyrrole nitrogens is 1. The van der Waals surface area contributed by atoms with Gasteiger partial charge in [0.15, 0.2) is 0 Å². The van der Waals surface area contributed by atoms with E-state index in [1.807, 2.05) is 30.5 Å². The van der Waals surface area contributed by atoms with Crippen molar-refractivity contribution in [3.8, 4) is 0 Å². The van der Waals surface area contributed by atoms with Crippen molar-refractivity contribution < 1.29 is 0 Å². The van der Waals surface area contributed by atoms with Crippen molar-refractivity contribution in [3.63, 3.8) is 0 Å². The molecule has 0 spiro atoms. The van der Waals surface area contributed by atoms with Gasteiger partial charge in [0.25, 0.3) is 0 Å². The average molecular weight is 202 g/mol. The molecule has 0 fully saturated rings. The lowest BCUT2D eigenvalue weighted by Gasteiger charge is -2.11. The molecule has 0 bridgehead atoms. The van der Waals surface area contributed by atoms with Crippen LogP contribution in [-0.2, 0) is 6.54 Å². The molecule has 0 saturated carbocycles. The minimum Gasteiger partial charge on any atom is -0.303 e. The van der Waals surface area contributed by atoms with Crippen LogP contribution >= 0.6 is 0 Å².